The Morgan fingerprint density at radius 1 is 1.38 bits per heavy atom. The van der Waals surface area contributed by atoms with E-state index in [1.807, 2.05) is 11.4 Å². The summed E-state index contributed by atoms with van der Waals surface area (Å²) in [5.41, 5.74) is 6.69. The number of thiophene rings is 1. The maximum atomic E-state index is 11.5. The molecule has 3 saturated heterocycles. The number of aldehydes is 1. The molecule has 3 aliphatic heterocycles. The van der Waals surface area contributed by atoms with Crippen molar-refractivity contribution in [2.24, 2.45) is 5.92 Å². The third-order valence-electron chi connectivity index (χ3n) is 4.78. The molecule has 3 fully saturated rings. The van der Waals surface area contributed by atoms with Crippen molar-refractivity contribution in [1.82, 2.24) is 10.4 Å². The van der Waals surface area contributed by atoms with Crippen molar-refractivity contribution >= 4 is 17.6 Å². The Morgan fingerprint density at radius 3 is 2.95 bits per heavy atom. The number of piperidine rings is 1. The van der Waals surface area contributed by atoms with Gasteiger partial charge in [-0.25, -0.2) is 5.01 Å². The van der Waals surface area contributed by atoms with Gasteiger partial charge >= 0.3 is 0 Å². The van der Waals surface area contributed by atoms with Crippen LogP contribution in [0.4, 0.5) is 0 Å². The van der Waals surface area contributed by atoms with Gasteiger partial charge in [0.15, 0.2) is 6.29 Å². The predicted octanol–water partition coefficient (Wildman–Crippen LogP) is 3.13. The Kier molecular flexibility index (Phi) is 3.41. The van der Waals surface area contributed by atoms with E-state index in [2.05, 4.69) is 10.4 Å². The maximum Gasteiger partial charge on any atom is 0.151 e. The Morgan fingerprint density at radius 2 is 2.24 bits per heavy atom. The molecule has 0 aromatic carbocycles. The molecule has 0 radical (unpaired) electrons. The standard InChI is InChI=1S/C16H18N2O2S/c19-8-13-10-21-16(12-3-6-20-9-12)15(13)14-7-17-18-4-1-11(14)2-5-18/h3,6,8-11,14,17H,1-2,4-5,7H2. The molecular weight excluding hydrogens is 284 g/mol. The van der Waals surface area contributed by atoms with Crippen LogP contribution in [0.5, 0.6) is 0 Å². The summed E-state index contributed by atoms with van der Waals surface area (Å²) in [6, 6.07) is 1.98. The fourth-order valence-electron chi connectivity index (χ4n) is 3.66. The number of hydrogen-bond donors (Lipinski definition) is 1. The van der Waals surface area contributed by atoms with E-state index in [4.69, 9.17) is 4.42 Å². The Bertz CT molecular complexity index is 627. The number of fused-ring (bicyclic) bond motifs is 4. The molecule has 1 atom stereocenters. The summed E-state index contributed by atoms with van der Waals surface area (Å²) in [4.78, 5) is 12.7. The summed E-state index contributed by atoms with van der Waals surface area (Å²) in [5.74, 6) is 1.07. The van der Waals surface area contributed by atoms with E-state index < -0.39 is 0 Å². The largest absolute Gasteiger partial charge is 0.472 e. The molecule has 4 nitrogen and oxygen atoms in total. The molecule has 2 bridgehead atoms. The first-order valence-electron chi connectivity index (χ1n) is 7.44. The average Bonchev–Trinajstić information content (AvgIpc) is 3.10. The van der Waals surface area contributed by atoms with Crippen LogP contribution < -0.4 is 5.43 Å². The number of hydrogen-bond acceptors (Lipinski definition) is 5. The van der Waals surface area contributed by atoms with Gasteiger partial charge in [0.2, 0.25) is 0 Å². The molecule has 3 aliphatic rings. The minimum absolute atomic E-state index is 0.411. The molecule has 21 heavy (non-hydrogen) atoms. The van der Waals surface area contributed by atoms with Crippen LogP contribution in [0, 0.1) is 5.92 Å². The number of furan rings is 1. The van der Waals surface area contributed by atoms with E-state index in [9.17, 15) is 4.79 Å². The van der Waals surface area contributed by atoms with Crippen LogP contribution in [0.2, 0.25) is 0 Å². The SMILES string of the molecule is O=Cc1csc(-c2ccoc2)c1C1CNN2CCC1CC2. The average molecular weight is 302 g/mol. The minimum Gasteiger partial charge on any atom is -0.472 e. The Hall–Kier alpha value is -1.43. The molecule has 5 heterocycles. The molecule has 0 amide bonds. The predicted molar refractivity (Wildman–Crippen MR) is 82.4 cm³/mol. The van der Waals surface area contributed by atoms with Crippen molar-refractivity contribution in [3.8, 4) is 10.4 Å². The molecule has 0 saturated carbocycles. The summed E-state index contributed by atoms with van der Waals surface area (Å²) < 4.78 is 5.23. The van der Waals surface area contributed by atoms with E-state index in [-0.39, 0.29) is 0 Å². The van der Waals surface area contributed by atoms with Crippen LogP contribution in [-0.2, 0) is 0 Å². The van der Waals surface area contributed by atoms with Crippen molar-refractivity contribution in [2.45, 2.75) is 18.8 Å². The summed E-state index contributed by atoms with van der Waals surface area (Å²) >= 11 is 1.65. The van der Waals surface area contributed by atoms with Gasteiger partial charge in [0.1, 0.15) is 0 Å². The lowest BCUT2D eigenvalue weighted by Gasteiger charge is -2.28. The van der Waals surface area contributed by atoms with Crippen LogP contribution in [0.15, 0.2) is 28.4 Å². The fraction of sp³-hybridized carbons (Fsp3) is 0.438. The number of hydrazine groups is 1. The quantitative estimate of drug-likeness (QED) is 0.885. The number of nitrogens with one attached hydrogen (secondary N) is 1. The summed E-state index contributed by atoms with van der Waals surface area (Å²) in [6.07, 6.45) is 6.89. The molecule has 0 aliphatic carbocycles. The molecule has 2 aromatic rings. The summed E-state index contributed by atoms with van der Waals surface area (Å²) in [6.45, 7) is 3.15. The second kappa shape index (κ2) is 5.40. The van der Waals surface area contributed by atoms with Gasteiger partial charge in [-0.3, -0.25) is 10.2 Å². The molecule has 0 spiro atoms. The number of carbonyl (C=O) groups excluding carboxylic acids is 1. The summed E-state index contributed by atoms with van der Waals surface area (Å²) in [5, 5.41) is 4.31. The maximum absolute atomic E-state index is 11.5. The van der Waals surface area contributed by atoms with Gasteiger partial charge in [0.25, 0.3) is 0 Å². The third kappa shape index (κ3) is 2.25. The van der Waals surface area contributed by atoms with E-state index in [0.717, 1.165) is 37.0 Å². The molecule has 5 rings (SSSR count). The highest BCUT2D eigenvalue weighted by molar-refractivity contribution is 7.14. The van der Waals surface area contributed by atoms with Gasteiger partial charge in [0, 0.05) is 46.9 Å². The van der Waals surface area contributed by atoms with Crippen molar-refractivity contribution in [2.75, 3.05) is 19.6 Å². The minimum atomic E-state index is 0.411. The number of carbonyl (C=O) groups is 1. The smallest absolute Gasteiger partial charge is 0.151 e. The van der Waals surface area contributed by atoms with E-state index in [1.54, 1.807) is 23.9 Å². The van der Waals surface area contributed by atoms with E-state index >= 15 is 0 Å². The number of nitrogens with zero attached hydrogens (tertiary/aromatic N) is 1. The van der Waals surface area contributed by atoms with Gasteiger partial charge < -0.3 is 4.42 Å². The van der Waals surface area contributed by atoms with E-state index in [1.165, 1.54) is 23.3 Å². The lowest BCUT2D eigenvalue weighted by atomic mass is 9.79. The second-order valence-corrected chi connectivity index (χ2v) is 6.74. The molecular formula is C16H18N2O2S. The van der Waals surface area contributed by atoms with Crippen molar-refractivity contribution in [3.05, 3.63) is 35.1 Å². The third-order valence-corrected chi connectivity index (χ3v) is 5.85. The highest BCUT2D eigenvalue weighted by Crippen LogP contribution is 2.43. The normalized spacial score (nSPS) is 28.5. The van der Waals surface area contributed by atoms with Gasteiger partial charge in [-0.2, -0.15) is 0 Å². The van der Waals surface area contributed by atoms with Crippen LogP contribution >= 0.6 is 11.3 Å². The van der Waals surface area contributed by atoms with Gasteiger partial charge in [-0.1, -0.05) is 0 Å². The lowest BCUT2D eigenvalue weighted by molar-refractivity contribution is 0.112. The van der Waals surface area contributed by atoms with Crippen LogP contribution in [0.25, 0.3) is 10.4 Å². The lowest BCUT2D eigenvalue weighted by Crippen LogP contribution is -2.39. The van der Waals surface area contributed by atoms with Crippen LogP contribution in [0.3, 0.4) is 0 Å². The monoisotopic (exact) mass is 302 g/mol. The molecule has 1 N–H and O–H groups in total. The molecule has 2 aromatic heterocycles. The molecule has 5 heteroatoms. The molecule has 110 valence electrons. The summed E-state index contributed by atoms with van der Waals surface area (Å²) in [7, 11) is 0. The van der Waals surface area contributed by atoms with Crippen molar-refractivity contribution < 1.29 is 9.21 Å². The van der Waals surface area contributed by atoms with Gasteiger partial charge in [-0.15, -0.1) is 11.3 Å². The Balaban J connectivity index is 1.79. The van der Waals surface area contributed by atoms with E-state index in [0.29, 0.717) is 11.8 Å². The fourth-order valence-corrected chi connectivity index (χ4v) is 4.74. The topological polar surface area (TPSA) is 45.5 Å². The first kappa shape index (κ1) is 13.2. The molecule has 1 unspecified atom stereocenters. The zero-order chi connectivity index (χ0) is 14.2. The van der Waals surface area contributed by atoms with Crippen LogP contribution in [0.1, 0.15) is 34.7 Å². The van der Waals surface area contributed by atoms with Crippen molar-refractivity contribution in [3.63, 3.8) is 0 Å². The van der Waals surface area contributed by atoms with Crippen LogP contribution in [-0.4, -0.2) is 30.9 Å². The van der Waals surface area contributed by atoms with Crippen molar-refractivity contribution in [1.29, 1.82) is 0 Å². The Labute approximate surface area is 127 Å². The highest BCUT2D eigenvalue weighted by atomic mass is 32.1. The first-order valence-corrected chi connectivity index (χ1v) is 8.32. The zero-order valence-corrected chi connectivity index (χ0v) is 12.6. The number of rotatable bonds is 3. The van der Waals surface area contributed by atoms with Gasteiger partial charge in [-0.05, 0) is 30.4 Å². The first-order chi connectivity index (χ1) is 10.4. The second-order valence-electron chi connectivity index (χ2n) is 5.86. The van der Waals surface area contributed by atoms with Gasteiger partial charge in [0.05, 0.1) is 12.5 Å². The zero-order valence-electron chi connectivity index (χ0n) is 11.7. The highest BCUT2D eigenvalue weighted by Gasteiger charge is 2.35.